The molecule has 0 bridgehead atoms. The van der Waals surface area contributed by atoms with E-state index in [4.69, 9.17) is 4.74 Å². The van der Waals surface area contributed by atoms with Crippen molar-refractivity contribution >= 4 is 12.0 Å². The normalized spacial score (nSPS) is 19.9. The molecule has 6 nitrogen and oxygen atoms in total. The second-order valence-electron chi connectivity index (χ2n) is 4.79. The highest BCUT2D eigenvalue weighted by Gasteiger charge is 2.41. The standard InChI is InChI=1S/C12H22N2O4/c1-3-4-9(2)13-11(17)14-12(10(15)16)5-7-18-8-6-12/h9H,3-8H2,1-2H3,(H,15,16)(H2,13,14,17). The number of nitrogens with one attached hydrogen (secondary N) is 2. The van der Waals surface area contributed by atoms with Gasteiger partial charge >= 0.3 is 12.0 Å². The van der Waals surface area contributed by atoms with Gasteiger partial charge in [0.1, 0.15) is 5.54 Å². The molecule has 0 radical (unpaired) electrons. The Labute approximate surface area is 107 Å². The minimum Gasteiger partial charge on any atom is -0.480 e. The number of carboxylic acid groups (broad SMARTS) is 1. The number of ether oxygens (including phenoxy) is 1. The highest BCUT2D eigenvalue weighted by atomic mass is 16.5. The van der Waals surface area contributed by atoms with E-state index in [-0.39, 0.29) is 6.04 Å². The molecule has 0 aromatic carbocycles. The van der Waals surface area contributed by atoms with E-state index < -0.39 is 17.5 Å². The number of carboxylic acids is 1. The van der Waals surface area contributed by atoms with Crippen molar-refractivity contribution in [2.24, 2.45) is 0 Å². The van der Waals surface area contributed by atoms with Gasteiger partial charge in [0, 0.05) is 32.1 Å². The molecule has 1 atom stereocenters. The molecule has 1 rings (SSSR count). The second-order valence-corrected chi connectivity index (χ2v) is 4.79. The molecule has 0 aromatic heterocycles. The molecule has 0 aromatic rings. The van der Waals surface area contributed by atoms with Gasteiger partial charge in [0.2, 0.25) is 0 Å². The van der Waals surface area contributed by atoms with E-state index in [1.54, 1.807) is 0 Å². The lowest BCUT2D eigenvalue weighted by molar-refractivity contribution is -0.148. The van der Waals surface area contributed by atoms with E-state index in [0.29, 0.717) is 26.1 Å². The monoisotopic (exact) mass is 258 g/mol. The number of carbonyl (C=O) groups is 2. The molecular formula is C12H22N2O4. The number of rotatable bonds is 5. The average molecular weight is 258 g/mol. The molecule has 1 aliphatic rings. The van der Waals surface area contributed by atoms with Crippen LogP contribution in [0.5, 0.6) is 0 Å². The summed E-state index contributed by atoms with van der Waals surface area (Å²) in [7, 11) is 0. The zero-order chi connectivity index (χ0) is 13.6. The number of carbonyl (C=O) groups excluding carboxylic acids is 1. The van der Waals surface area contributed by atoms with Gasteiger partial charge < -0.3 is 20.5 Å². The third-order valence-corrected chi connectivity index (χ3v) is 3.21. The van der Waals surface area contributed by atoms with Crippen molar-refractivity contribution < 1.29 is 19.4 Å². The van der Waals surface area contributed by atoms with E-state index in [9.17, 15) is 14.7 Å². The van der Waals surface area contributed by atoms with Gasteiger partial charge in [-0.2, -0.15) is 0 Å². The molecular weight excluding hydrogens is 236 g/mol. The minimum absolute atomic E-state index is 0.0423. The molecule has 1 aliphatic heterocycles. The van der Waals surface area contributed by atoms with Crippen LogP contribution in [0.15, 0.2) is 0 Å². The van der Waals surface area contributed by atoms with Crippen LogP contribution in [-0.2, 0) is 9.53 Å². The molecule has 1 saturated heterocycles. The van der Waals surface area contributed by atoms with Crippen molar-refractivity contribution in [1.29, 1.82) is 0 Å². The number of amides is 2. The van der Waals surface area contributed by atoms with E-state index in [0.717, 1.165) is 12.8 Å². The third-order valence-electron chi connectivity index (χ3n) is 3.21. The summed E-state index contributed by atoms with van der Waals surface area (Å²) in [5, 5.41) is 14.6. The van der Waals surface area contributed by atoms with E-state index in [1.807, 2.05) is 13.8 Å². The molecule has 0 saturated carbocycles. The van der Waals surface area contributed by atoms with E-state index in [1.165, 1.54) is 0 Å². The summed E-state index contributed by atoms with van der Waals surface area (Å²) in [4.78, 5) is 23.1. The minimum atomic E-state index is -1.19. The predicted molar refractivity (Wildman–Crippen MR) is 66.5 cm³/mol. The second kappa shape index (κ2) is 6.58. The van der Waals surface area contributed by atoms with E-state index >= 15 is 0 Å². The largest absolute Gasteiger partial charge is 0.480 e. The molecule has 2 amide bonds. The molecule has 3 N–H and O–H groups in total. The van der Waals surface area contributed by atoms with Crippen molar-refractivity contribution in [2.45, 2.75) is 51.1 Å². The SMILES string of the molecule is CCCC(C)NC(=O)NC1(C(=O)O)CCOCC1. The van der Waals surface area contributed by atoms with Crippen molar-refractivity contribution in [3.05, 3.63) is 0 Å². The summed E-state index contributed by atoms with van der Waals surface area (Å²) in [6.07, 6.45) is 2.45. The lowest BCUT2D eigenvalue weighted by Crippen LogP contribution is -2.60. The van der Waals surface area contributed by atoms with Crippen LogP contribution >= 0.6 is 0 Å². The average Bonchev–Trinajstić information content (AvgIpc) is 2.29. The Balaban J connectivity index is 2.55. The van der Waals surface area contributed by atoms with Crippen LogP contribution in [0.3, 0.4) is 0 Å². The summed E-state index contributed by atoms with van der Waals surface area (Å²) >= 11 is 0. The fourth-order valence-corrected chi connectivity index (χ4v) is 2.09. The van der Waals surface area contributed by atoms with Gasteiger partial charge in [-0.05, 0) is 13.3 Å². The summed E-state index contributed by atoms with van der Waals surface area (Å²) in [6, 6.07) is -0.374. The third kappa shape index (κ3) is 3.87. The first-order chi connectivity index (χ1) is 8.50. The molecule has 1 heterocycles. The first kappa shape index (κ1) is 14.8. The van der Waals surface area contributed by atoms with Gasteiger partial charge in [-0.15, -0.1) is 0 Å². The van der Waals surface area contributed by atoms with Crippen LogP contribution in [0.25, 0.3) is 0 Å². The van der Waals surface area contributed by atoms with Crippen molar-refractivity contribution in [2.75, 3.05) is 13.2 Å². The Bertz CT molecular complexity index is 300. The number of hydrogen-bond donors (Lipinski definition) is 3. The van der Waals surface area contributed by atoms with Gasteiger partial charge in [0.05, 0.1) is 0 Å². The number of urea groups is 1. The first-order valence-corrected chi connectivity index (χ1v) is 6.40. The number of hydrogen-bond acceptors (Lipinski definition) is 3. The first-order valence-electron chi connectivity index (χ1n) is 6.40. The fraction of sp³-hybridized carbons (Fsp3) is 0.833. The Morgan fingerprint density at radius 3 is 2.50 bits per heavy atom. The van der Waals surface area contributed by atoms with Crippen LogP contribution in [0.1, 0.15) is 39.5 Å². The molecule has 1 fully saturated rings. The highest BCUT2D eigenvalue weighted by Crippen LogP contribution is 2.20. The van der Waals surface area contributed by atoms with E-state index in [2.05, 4.69) is 10.6 Å². The molecule has 18 heavy (non-hydrogen) atoms. The molecule has 0 spiro atoms. The Morgan fingerprint density at radius 2 is 2.00 bits per heavy atom. The molecule has 1 unspecified atom stereocenters. The van der Waals surface area contributed by atoms with Crippen molar-refractivity contribution in [3.8, 4) is 0 Å². The highest BCUT2D eigenvalue weighted by molar-refractivity contribution is 5.86. The number of aliphatic carboxylic acids is 1. The van der Waals surface area contributed by atoms with Gasteiger partial charge in [-0.1, -0.05) is 13.3 Å². The Morgan fingerprint density at radius 1 is 1.39 bits per heavy atom. The summed E-state index contributed by atoms with van der Waals surface area (Å²) in [5.74, 6) is -0.996. The van der Waals surface area contributed by atoms with Crippen LogP contribution in [0.2, 0.25) is 0 Å². The Hall–Kier alpha value is -1.30. The topological polar surface area (TPSA) is 87.7 Å². The molecule has 6 heteroatoms. The predicted octanol–water partition coefficient (Wildman–Crippen LogP) is 1.11. The van der Waals surface area contributed by atoms with Gasteiger partial charge in [-0.25, -0.2) is 9.59 Å². The van der Waals surface area contributed by atoms with Crippen LogP contribution in [-0.4, -0.2) is 41.9 Å². The maximum absolute atomic E-state index is 11.8. The smallest absolute Gasteiger partial charge is 0.329 e. The summed E-state index contributed by atoms with van der Waals surface area (Å²) in [6.45, 7) is 4.65. The van der Waals surface area contributed by atoms with Gasteiger partial charge in [0.15, 0.2) is 0 Å². The van der Waals surface area contributed by atoms with Gasteiger partial charge in [0.25, 0.3) is 0 Å². The van der Waals surface area contributed by atoms with Crippen LogP contribution < -0.4 is 10.6 Å². The lowest BCUT2D eigenvalue weighted by Gasteiger charge is -2.34. The molecule has 104 valence electrons. The maximum Gasteiger partial charge on any atom is 0.329 e. The van der Waals surface area contributed by atoms with Crippen molar-refractivity contribution in [1.82, 2.24) is 10.6 Å². The Kier molecular flexibility index (Phi) is 5.40. The van der Waals surface area contributed by atoms with Gasteiger partial charge in [-0.3, -0.25) is 0 Å². The zero-order valence-electron chi connectivity index (χ0n) is 11.0. The maximum atomic E-state index is 11.8. The lowest BCUT2D eigenvalue weighted by atomic mass is 9.90. The van der Waals surface area contributed by atoms with Crippen LogP contribution in [0.4, 0.5) is 4.79 Å². The van der Waals surface area contributed by atoms with Crippen molar-refractivity contribution in [3.63, 3.8) is 0 Å². The fourth-order valence-electron chi connectivity index (χ4n) is 2.09. The summed E-state index contributed by atoms with van der Waals surface area (Å²) < 4.78 is 5.14. The zero-order valence-corrected chi connectivity index (χ0v) is 11.0. The summed E-state index contributed by atoms with van der Waals surface area (Å²) in [5.41, 5.74) is -1.19. The molecule has 0 aliphatic carbocycles. The van der Waals surface area contributed by atoms with Crippen LogP contribution in [0, 0.1) is 0 Å². The quantitative estimate of drug-likeness (QED) is 0.689.